The van der Waals surface area contributed by atoms with Gasteiger partial charge in [-0.1, -0.05) is 23.4 Å². The smallest absolute Gasteiger partial charge is 0.241 e. The molecule has 2 aromatic carbocycles. The third-order valence-corrected chi connectivity index (χ3v) is 5.05. The second kappa shape index (κ2) is 9.49. The Hall–Kier alpha value is -3.26. The molecule has 3 aromatic rings. The van der Waals surface area contributed by atoms with Gasteiger partial charge in [0.2, 0.25) is 17.5 Å². The third-order valence-electron chi connectivity index (χ3n) is 5.05. The van der Waals surface area contributed by atoms with Gasteiger partial charge in [0, 0.05) is 11.6 Å². The fourth-order valence-electron chi connectivity index (χ4n) is 3.31. The lowest BCUT2D eigenvalue weighted by atomic mass is 10.1. The summed E-state index contributed by atoms with van der Waals surface area (Å²) in [6.45, 7) is 2.58. The van der Waals surface area contributed by atoms with E-state index in [0.29, 0.717) is 41.1 Å². The largest absolute Gasteiger partial charge is 0.496 e. The molecular weight excluding hydrogens is 386 g/mol. The summed E-state index contributed by atoms with van der Waals surface area (Å²) in [4.78, 5) is 6.66. The van der Waals surface area contributed by atoms with Gasteiger partial charge in [0.25, 0.3) is 0 Å². The van der Waals surface area contributed by atoms with Crippen LogP contribution in [0.1, 0.15) is 24.4 Å². The van der Waals surface area contributed by atoms with Crippen molar-refractivity contribution in [3.63, 3.8) is 0 Å². The van der Waals surface area contributed by atoms with Crippen LogP contribution < -0.4 is 18.9 Å². The molecule has 1 heterocycles. The van der Waals surface area contributed by atoms with Crippen molar-refractivity contribution in [3.8, 4) is 34.4 Å². The van der Waals surface area contributed by atoms with E-state index in [1.165, 1.54) is 0 Å². The van der Waals surface area contributed by atoms with Gasteiger partial charge in [-0.2, -0.15) is 4.98 Å². The quantitative estimate of drug-likeness (QED) is 0.522. The first-order valence-corrected chi connectivity index (χ1v) is 9.49. The molecule has 0 saturated heterocycles. The molecule has 0 amide bonds. The monoisotopic (exact) mass is 413 g/mol. The molecule has 0 aliphatic rings. The van der Waals surface area contributed by atoms with E-state index in [4.69, 9.17) is 23.5 Å². The van der Waals surface area contributed by atoms with Gasteiger partial charge in [0.05, 0.1) is 40.5 Å². The summed E-state index contributed by atoms with van der Waals surface area (Å²) in [5, 5.41) is 4.13. The summed E-state index contributed by atoms with van der Waals surface area (Å²) < 4.78 is 27.3. The zero-order chi connectivity index (χ0) is 21.7. The highest BCUT2D eigenvalue weighted by molar-refractivity contribution is 5.72. The molecule has 0 saturated carbocycles. The van der Waals surface area contributed by atoms with Gasteiger partial charge in [-0.25, -0.2) is 0 Å². The fraction of sp³-hybridized carbons (Fsp3) is 0.364. The van der Waals surface area contributed by atoms with Gasteiger partial charge in [-0.3, -0.25) is 4.90 Å². The number of methoxy groups -OCH3 is 4. The average Bonchev–Trinajstić information content (AvgIpc) is 3.25. The predicted molar refractivity (Wildman–Crippen MR) is 112 cm³/mol. The molecule has 3 rings (SSSR count). The van der Waals surface area contributed by atoms with Gasteiger partial charge in [0.15, 0.2) is 11.5 Å². The van der Waals surface area contributed by atoms with Crippen molar-refractivity contribution in [1.82, 2.24) is 15.0 Å². The molecule has 1 atom stereocenters. The van der Waals surface area contributed by atoms with Gasteiger partial charge in [-0.05, 0) is 32.2 Å². The van der Waals surface area contributed by atoms with Gasteiger partial charge in [-0.15, -0.1) is 0 Å². The minimum Gasteiger partial charge on any atom is -0.496 e. The van der Waals surface area contributed by atoms with Crippen LogP contribution in [0.5, 0.6) is 23.0 Å². The lowest BCUT2D eigenvalue weighted by Crippen LogP contribution is -2.22. The molecule has 160 valence electrons. The highest BCUT2D eigenvalue weighted by Gasteiger charge is 2.22. The molecule has 8 nitrogen and oxygen atoms in total. The van der Waals surface area contributed by atoms with Crippen molar-refractivity contribution in [2.75, 3.05) is 35.5 Å². The molecule has 8 heteroatoms. The van der Waals surface area contributed by atoms with Crippen molar-refractivity contribution >= 4 is 0 Å². The first-order chi connectivity index (χ1) is 14.5. The molecule has 0 N–H and O–H groups in total. The first-order valence-electron chi connectivity index (χ1n) is 9.49. The molecule has 0 aliphatic heterocycles. The van der Waals surface area contributed by atoms with Gasteiger partial charge in [0.1, 0.15) is 5.75 Å². The second-order valence-electron chi connectivity index (χ2n) is 6.73. The first kappa shape index (κ1) is 21.4. The predicted octanol–water partition coefficient (Wildman–Crippen LogP) is 3.96. The highest BCUT2D eigenvalue weighted by atomic mass is 16.5. The van der Waals surface area contributed by atoms with E-state index in [2.05, 4.69) is 22.0 Å². The molecular formula is C22H27N3O5. The molecule has 0 spiro atoms. The standard InChI is InChI=1S/C22H27N3O5/c1-14(15-9-7-8-10-17(15)26-3)25(2)13-19-23-22(24-30-19)16-11-12-18(27-4)21(29-6)20(16)28-5/h7-12,14H,13H2,1-6H3/t14-/m1/s1. The second-order valence-corrected chi connectivity index (χ2v) is 6.73. The molecule has 30 heavy (non-hydrogen) atoms. The SMILES string of the molecule is COc1ccccc1[C@@H](C)N(C)Cc1nc(-c2ccc(OC)c(OC)c2OC)no1. The number of benzene rings is 2. The Bertz CT molecular complexity index is 989. The normalized spacial score (nSPS) is 12.0. The lowest BCUT2D eigenvalue weighted by Gasteiger charge is -2.24. The van der Waals surface area contributed by atoms with Crippen molar-refractivity contribution < 1.29 is 23.5 Å². The van der Waals surface area contributed by atoms with E-state index in [9.17, 15) is 0 Å². The van der Waals surface area contributed by atoms with Crippen molar-refractivity contribution in [2.45, 2.75) is 19.5 Å². The van der Waals surface area contributed by atoms with E-state index >= 15 is 0 Å². The third kappa shape index (κ3) is 4.18. The van der Waals surface area contributed by atoms with Crippen LogP contribution in [0.4, 0.5) is 0 Å². The van der Waals surface area contributed by atoms with Crippen LogP contribution in [-0.4, -0.2) is 50.5 Å². The highest BCUT2D eigenvalue weighted by Crippen LogP contribution is 2.43. The number of rotatable bonds is 9. The Labute approximate surface area is 176 Å². The zero-order valence-corrected chi connectivity index (χ0v) is 18.1. The van der Waals surface area contributed by atoms with Crippen LogP contribution in [0.3, 0.4) is 0 Å². The minimum atomic E-state index is 0.0899. The number of ether oxygens (including phenoxy) is 4. The van der Waals surface area contributed by atoms with E-state index in [1.54, 1.807) is 34.5 Å². The summed E-state index contributed by atoms with van der Waals surface area (Å²) in [5.41, 5.74) is 1.74. The Morgan fingerprint density at radius 2 is 1.60 bits per heavy atom. The number of nitrogens with zero attached hydrogens (tertiary/aromatic N) is 3. The maximum Gasteiger partial charge on any atom is 0.241 e. The summed E-state index contributed by atoms with van der Waals surface area (Å²) in [6.07, 6.45) is 0. The molecule has 0 aliphatic carbocycles. The number of hydrogen-bond acceptors (Lipinski definition) is 8. The van der Waals surface area contributed by atoms with E-state index in [0.717, 1.165) is 11.3 Å². The summed E-state index contributed by atoms with van der Waals surface area (Å²) in [7, 11) is 8.36. The van der Waals surface area contributed by atoms with E-state index in [1.807, 2.05) is 37.4 Å². The molecule has 1 aromatic heterocycles. The van der Waals surface area contributed by atoms with Gasteiger partial charge >= 0.3 is 0 Å². The van der Waals surface area contributed by atoms with Gasteiger partial charge < -0.3 is 23.5 Å². The topological polar surface area (TPSA) is 79.1 Å². The maximum absolute atomic E-state index is 5.53. The number of aromatic nitrogens is 2. The lowest BCUT2D eigenvalue weighted by molar-refractivity contribution is 0.213. The van der Waals surface area contributed by atoms with Crippen LogP contribution in [0.2, 0.25) is 0 Å². The van der Waals surface area contributed by atoms with Crippen molar-refractivity contribution in [3.05, 3.63) is 47.9 Å². The zero-order valence-electron chi connectivity index (χ0n) is 18.1. The van der Waals surface area contributed by atoms with Crippen LogP contribution in [0, 0.1) is 0 Å². The number of hydrogen-bond donors (Lipinski definition) is 0. The summed E-state index contributed by atoms with van der Waals surface area (Å²) in [6, 6.07) is 11.6. The fourth-order valence-corrected chi connectivity index (χ4v) is 3.31. The Morgan fingerprint density at radius 1 is 0.900 bits per heavy atom. The Morgan fingerprint density at radius 3 is 2.27 bits per heavy atom. The Balaban J connectivity index is 1.83. The average molecular weight is 413 g/mol. The summed E-state index contributed by atoms with van der Waals surface area (Å²) >= 11 is 0. The number of para-hydroxylation sites is 1. The van der Waals surface area contributed by atoms with E-state index in [-0.39, 0.29) is 6.04 Å². The molecule has 0 unspecified atom stereocenters. The minimum absolute atomic E-state index is 0.0899. The van der Waals surface area contributed by atoms with E-state index < -0.39 is 0 Å². The maximum atomic E-state index is 5.53. The Kier molecular flexibility index (Phi) is 6.79. The molecule has 0 bridgehead atoms. The van der Waals surface area contributed by atoms with Crippen LogP contribution >= 0.6 is 0 Å². The summed E-state index contributed by atoms with van der Waals surface area (Å²) in [5.74, 6) is 3.28. The van der Waals surface area contributed by atoms with Crippen molar-refractivity contribution in [2.24, 2.45) is 0 Å². The van der Waals surface area contributed by atoms with Crippen LogP contribution in [0.25, 0.3) is 11.4 Å². The van der Waals surface area contributed by atoms with Crippen LogP contribution in [0.15, 0.2) is 40.9 Å². The van der Waals surface area contributed by atoms with Crippen LogP contribution in [-0.2, 0) is 6.54 Å². The molecule has 0 fully saturated rings. The van der Waals surface area contributed by atoms with Crippen molar-refractivity contribution in [1.29, 1.82) is 0 Å². The molecule has 0 radical (unpaired) electrons.